The second kappa shape index (κ2) is 4.08. The summed E-state index contributed by atoms with van der Waals surface area (Å²) in [6.07, 6.45) is 0. The van der Waals surface area contributed by atoms with Crippen molar-refractivity contribution in [2.24, 2.45) is 0 Å². The van der Waals surface area contributed by atoms with Gasteiger partial charge in [-0.2, -0.15) is 0 Å². The van der Waals surface area contributed by atoms with E-state index in [0.717, 1.165) is 6.61 Å². The third-order valence-electron chi connectivity index (χ3n) is 1.19. The first-order valence-corrected chi connectivity index (χ1v) is 4.28. The fourth-order valence-corrected chi connectivity index (χ4v) is 0.944. The number of hydrogen-bond acceptors (Lipinski definition) is 4. The van der Waals surface area contributed by atoms with Gasteiger partial charge in [-0.3, -0.25) is 4.18 Å². The van der Waals surface area contributed by atoms with E-state index in [2.05, 4.69) is 4.18 Å². The van der Waals surface area contributed by atoms with Crippen molar-refractivity contribution in [2.45, 2.75) is 0 Å². The standard InChI is InChI=1S/C7H8NO3S/c8-7-3-1-2-6(4-7)5-11-12(9)10/h1-5,12H,8H2. The molecule has 0 saturated carbocycles. The number of thiol groups is 1. The van der Waals surface area contributed by atoms with Crippen LogP contribution in [0.5, 0.6) is 0 Å². The predicted molar refractivity (Wildman–Crippen MR) is 45.7 cm³/mol. The maximum absolute atomic E-state index is 10.0. The van der Waals surface area contributed by atoms with E-state index in [9.17, 15) is 8.42 Å². The highest BCUT2D eigenvalue weighted by molar-refractivity contribution is 7.67. The van der Waals surface area contributed by atoms with Crippen LogP contribution in [-0.2, 0) is 15.2 Å². The molecule has 0 spiro atoms. The van der Waals surface area contributed by atoms with Gasteiger partial charge < -0.3 is 5.73 Å². The van der Waals surface area contributed by atoms with E-state index in [0.29, 0.717) is 11.3 Å². The molecule has 0 bridgehead atoms. The van der Waals surface area contributed by atoms with Gasteiger partial charge in [-0.25, -0.2) is 8.42 Å². The van der Waals surface area contributed by atoms with Crippen molar-refractivity contribution in [3.8, 4) is 0 Å². The van der Waals surface area contributed by atoms with E-state index in [-0.39, 0.29) is 0 Å². The summed E-state index contributed by atoms with van der Waals surface area (Å²) in [5.41, 5.74) is 6.62. The molecule has 0 amide bonds. The Morgan fingerprint density at radius 2 is 2.17 bits per heavy atom. The Labute approximate surface area is 72.1 Å². The number of hydrogen-bond donors (Lipinski definition) is 2. The molecule has 0 aliphatic carbocycles. The van der Waals surface area contributed by atoms with Gasteiger partial charge >= 0.3 is 0 Å². The van der Waals surface area contributed by atoms with Crippen molar-refractivity contribution < 1.29 is 12.6 Å². The molecular formula is C7H8NO3S. The van der Waals surface area contributed by atoms with Crippen LogP contribution in [-0.4, -0.2) is 8.42 Å². The van der Waals surface area contributed by atoms with Crippen LogP contribution in [0.25, 0.3) is 0 Å². The fourth-order valence-electron chi connectivity index (χ4n) is 0.736. The summed E-state index contributed by atoms with van der Waals surface area (Å²) in [5, 5.41) is 0. The first-order valence-electron chi connectivity index (χ1n) is 3.18. The highest BCUT2D eigenvalue weighted by Gasteiger charge is 1.94. The Hall–Kier alpha value is -1.07. The zero-order chi connectivity index (χ0) is 8.97. The van der Waals surface area contributed by atoms with Gasteiger partial charge in [-0.1, -0.05) is 12.1 Å². The monoisotopic (exact) mass is 186 g/mol. The molecule has 5 heteroatoms. The van der Waals surface area contributed by atoms with Gasteiger partial charge in [0.2, 0.25) is 0 Å². The zero-order valence-corrected chi connectivity index (χ0v) is 7.03. The molecule has 12 heavy (non-hydrogen) atoms. The van der Waals surface area contributed by atoms with E-state index in [4.69, 9.17) is 5.73 Å². The van der Waals surface area contributed by atoms with Gasteiger partial charge in [-0.05, 0) is 17.7 Å². The number of rotatable bonds is 3. The van der Waals surface area contributed by atoms with Gasteiger partial charge in [0.25, 0.3) is 11.0 Å². The zero-order valence-electron chi connectivity index (χ0n) is 6.14. The van der Waals surface area contributed by atoms with Crippen LogP contribution < -0.4 is 5.73 Å². The minimum absolute atomic E-state index is 0.563. The van der Waals surface area contributed by atoms with Gasteiger partial charge in [0.05, 0.1) is 0 Å². The number of anilines is 1. The molecule has 0 heterocycles. The Kier molecular flexibility index (Phi) is 3.07. The highest BCUT2D eigenvalue weighted by Crippen LogP contribution is 2.08. The van der Waals surface area contributed by atoms with E-state index in [1.165, 1.54) is 0 Å². The molecule has 0 aromatic heterocycles. The summed E-state index contributed by atoms with van der Waals surface area (Å²) in [4.78, 5) is 0. The van der Waals surface area contributed by atoms with Crippen molar-refractivity contribution in [3.63, 3.8) is 0 Å². The lowest BCUT2D eigenvalue weighted by atomic mass is 10.2. The minimum Gasteiger partial charge on any atom is -0.399 e. The fraction of sp³-hybridized carbons (Fsp3) is 0. The second-order valence-electron chi connectivity index (χ2n) is 2.12. The molecule has 0 unspecified atom stereocenters. The molecule has 4 nitrogen and oxygen atoms in total. The molecule has 2 N–H and O–H groups in total. The number of nitrogen functional groups attached to an aromatic ring is 1. The maximum atomic E-state index is 10.0. The van der Waals surface area contributed by atoms with Crippen molar-refractivity contribution in [1.29, 1.82) is 0 Å². The first-order chi connectivity index (χ1) is 5.68. The largest absolute Gasteiger partial charge is 0.399 e. The molecule has 0 saturated heterocycles. The van der Waals surface area contributed by atoms with Crippen LogP contribution >= 0.6 is 0 Å². The molecule has 65 valence electrons. The van der Waals surface area contributed by atoms with Crippen molar-refractivity contribution in [1.82, 2.24) is 0 Å². The van der Waals surface area contributed by atoms with Crippen molar-refractivity contribution >= 4 is 16.7 Å². The van der Waals surface area contributed by atoms with Crippen LogP contribution in [0.2, 0.25) is 0 Å². The minimum atomic E-state index is -2.83. The SMILES string of the molecule is Nc1cccc([CH]O[SH](=O)=O)c1. The van der Waals surface area contributed by atoms with Crippen LogP contribution in [0.15, 0.2) is 24.3 Å². The average Bonchev–Trinajstić information content (AvgIpc) is 2.01. The van der Waals surface area contributed by atoms with E-state index in [1.54, 1.807) is 24.3 Å². The predicted octanol–water partition coefficient (Wildman–Crippen LogP) is 0.322. The Bertz CT molecular complexity index is 327. The normalized spacial score (nSPS) is 10.4. The number of benzene rings is 1. The first kappa shape index (κ1) is 9.02. The lowest BCUT2D eigenvalue weighted by molar-refractivity contribution is 0.429. The van der Waals surface area contributed by atoms with E-state index < -0.39 is 11.0 Å². The number of nitrogens with two attached hydrogens (primary N) is 1. The topological polar surface area (TPSA) is 69.4 Å². The molecule has 1 radical (unpaired) electrons. The Morgan fingerprint density at radius 3 is 2.75 bits per heavy atom. The molecule has 1 aromatic rings. The van der Waals surface area contributed by atoms with Crippen molar-refractivity contribution in [2.75, 3.05) is 5.73 Å². The van der Waals surface area contributed by atoms with Gasteiger partial charge in [-0.15, -0.1) is 0 Å². The third-order valence-corrected chi connectivity index (χ3v) is 1.46. The Balaban J connectivity index is 2.63. The molecule has 0 fully saturated rings. The molecule has 1 rings (SSSR count). The average molecular weight is 186 g/mol. The summed E-state index contributed by atoms with van der Waals surface area (Å²) in [6.45, 7) is 1.13. The van der Waals surface area contributed by atoms with Gasteiger partial charge in [0, 0.05) is 5.69 Å². The molecular weight excluding hydrogens is 178 g/mol. The van der Waals surface area contributed by atoms with Crippen LogP contribution in [0.4, 0.5) is 5.69 Å². The Morgan fingerprint density at radius 1 is 1.42 bits per heavy atom. The van der Waals surface area contributed by atoms with Crippen molar-refractivity contribution in [3.05, 3.63) is 36.4 Å². The molecule has 0 atom stereocenters. The quantitative estimate of drug-likeness (QED) is 0.527. The summed E-state index contributed by atoms with van der Waals surface area (Å²) in [6, 6.07) is 6.71. The van der Waals surface area contributed by atoms with Crippen LogP contribution in [0, 0.1) is 6.61 Å². The summed E-state index contributed by atoms with van der Waals surface area (Å²) in [5.74, 6) is 0. The molecule has 1 aromatic carbocycles. The molecule has 0 aliphatic heterocycles. The molecule has 0 aliphatic rings. The third kappa shape index (κ3) is 2.89. The van der Waals surface area contributed by atoms with Crippen LogP contribution in [0.3, 0.4) is 0 Å². The lowest BCUT2D eigenvalue weighted by Gasteiger charge is -1.97. The van der Waals surface area contributed by atoms with Crippen LogP contribution in [0.1, 0.15) is 5.56 Å². The lowest BCUT2D eigenvalue weighted by Crippen LogP contribution is -1.90. The van der Waals surface area contributed by atoms with E-state index >= 15 is 0 Å². The summed E-state index contributed by atoms with van der Waals surface area (Å²) in [7, 11) is -2.83. The van der Waals surface area contributed by atoms with E-state index in [1.807, 2.05) is 0 Å². The highest BCUT2D eigenvalue weighted by atomic mass is 32.2. The van der Waals surface area contributed by atoms with Gasteiger partial charge in [0.15, 0.2) is 0 Å². The van der Waals surface area contributed by atoms with Gasteiger partial charge in [0.1, 0.15) is 6.61 Å². The second-order valence-corrected chi connectivity index (χ2v) is 2.78. The summed E-state index contributed by atoms with van der Waals surface area (Å²) >= 11 is 0. The maximum Gasteiger partial charge on any atom is 0.257 e. The summed E-state index contributed by atoms with van der Waals surface area (Å²) < 4.78 is 24.3. The smallest absolute Gasteiger partial charge is 0.257 e.